The number of hydrogen-bond acceptors (Lipinski definition) is 5. The Morgan fingerprint density at radius 3 is 2.90 bits per heavy atom. The van der Waals surface area contributed by atoms with Crippen LogP contribution in [0.1, 0.15) is 10.4 Å². The van der Waals surface area contributed by atoms with Crippen molar-refractivity contribution < 1.29 is 28.9 Å². The van der Waals surface area contributed by atoms with Gasteiger partial charge in [-0.2, -0.15) is 0 Å². The van der Waals surface area contributed by atoms with Gasteiger partial charge in [0.05, 0.1) is 11.1 Å². The summed E-state index contributed by atoms with van der Waals surface area (Å²) in [7, 11) is 1.36. The molecule has 2 N–H and O–H groups in total. The van der Waals surface area contributed by atoms with E-state index < -0.39 is 17.9 Å². The summed E-state index contributed by atoms with van der Waals surface area (Å²) in [4.78, 5) is 23.0. The number of hydrogen-bond donors (Lipinski definition) is 2. The van der Waals surface area contributed by atoms with Gasteiger partial charge < -0.3 is 24.6 Å². The van der Waals surface area contributed by atoms with E-state index >= 15 is 0 Å². The van der Waals surface area contributed by atoms with E-state index in [0.717, 1.165) is 0 Å². The molecule has 2 rings (SSSR count). The van der Waals surface area contributed by atoms with Gasteiger partial charge in [-0.1, -0.05) is 0 Å². The summed E-state index contributed by atoms with van der Waals surface area (Å²) in [6, 6.07) is 1.92. The van der Waals surface area contributed by atoms with E-state index in [-0.39, 0.29) is 19.0 Å². The number of fused-ring (bicyclic) bond motifs is 1. The minimum absolute atomic E-state index is 0.0838. The van der Waals surface area contributed by atoms with Crippen LogP contribution in [0.2, 0.25) is 0 Å². The van der Waals surface area contributed by atoms with E-state index in [1.54, 1.807) is 0 Å². The highest BCUT2D eigenvalue weighted by molar-refractivity contribution is 9.10. The number of halogens is 1. The number of nitrogens with one attached hydrogen (secondary N) is 1. The molecule has 0 aromatic heterocycles. The van der Waals surface area contributed by atoms with Crippen molar-refractivity contribution in [2.75, 3.05) is 20.5 Å². The summed E-state index contributed by atoms with van der Waals surface area (Å²) < 4.78 is 15.7. The van der Waals surface area contributed by atoms with Crippen LogP contribution in [0.4, 0.5) is 0 Å². The Morgan fingerprint density at radius 1 is 1.50 bits per heavy atom. The highest BCUT2D eigenvalue weighted by Crippen LogP contribution is 2.39. The first-order chi connectivity index (χ1) is 9.52. The Morgan fingerprint density at radius 2 is 2.25 bits per heavy atom. The molecule has 0 spiro atoms. The molecule has 0 fully saturated rings. The zero-order valence-electron chi connectivity index (χ0n) is 10.5. The molecule has 0 aliphatic carbocycles. The van der Waals surface area contributed by atoms with Gasteiger partial charge in [0.25, 0.3) is 5.91 Å². The third-order valence-corrected chi connectivity index (χ3v) is 3.22. The summed E-state index contributed by atoms with van der Waals surface area (Å²) in [6.45, 7) is -0.0345. The first kappa shape index (κ1) is 14.6. The Kier molecular flexibility index (Phi) is 4.46. The molecule has 1 amide bonds. The lowest BCUT2D eigenvalue weighted by atomic mass is 10.1. The maximum Gasteiger partial charge on any atom is 0.328 e. The first-order valence-electron chi connectivity index (χ1n) is 5.64. The van der Waals surface area contributed by atoms with Crippen LogP contribution in [0.3, 0.4) is 0 Å². The summed E-state index contributed by atoms with van der Waals surface area (Å²) in [5.41, 5.74) is 0.267. The zero-order chi connectivity index (χ0) is 14.7. The van der Waals surface area contributed by atoms with E-state index in [1.807, 2.05) is 0 Å². The molecule has 1 unspecified atom stereocenters. The lowest BCUT2D eigenvalue weighted by molar-refractivity contribution is -0.140. The SMILES string of the molecule is COCC(NC(=O)c1cc(Br)c2c(c1)OCO2)C(=O)O. The highest BCUT2D eigenvalue weighted by Gasteiger charge is 2.24. The fourth-order valence-corrected chi connectivity index (χ4v) is 2.24. The topological polar surface area (TPSA) is 94.1 Å². The molecule has 1 aromatic rings. The van der Waals surface area contributed by atoms with Gasteiger partial charge in [0.2, 0.25) is 6.79 Å². The second kappa shape index (κ2) is 6.10. The minimum atomic E-state index is -1.17. The van der Waals surface area contributed by atoms with Crippen molar-refractivity contribution in [3.05, 3.63) is 22.2 Å². The van der Waals surface area contributed by atoms with Crippen molar-refractivity contribution >= 4 is 27.8 Å². The number of amides is 1. The molecule has 108 valence electrons. The van der Waals surface area contributed by atoms with E-state index in [9.17, 15) is 9.59 Å². The average molecular weight is 346 g/mol. The second-order valence-corrected chi connectivity index (χ2v) is 4.87. The Labute approximate surface area is 122 Å². The van der Waals surface area contributed by atoms with E-state index in [2.05, 4.69) is 21.2 Å². The van der Waals surface area contributed by atoms with Gasteiger partial charge in [-0.3, -0.25) is 4.79 Å². The third kappa shape index (κ3) is 3.02. The average Bonchev–Trinajstić information content (AvgIpc) is 2.86. The standard InChI is InChI=1S/C12H12BrNO6/c1-18-4-8(12(16)17)14-11(15)6-2-7(13)10-9(3-6)19-5-20-10/h2-3,8H,4-5H2,1H3,(H,14,15)(H,16,17). The van der Waals surface area contributed by atoms with E-state index in [0.29, 0.717) is 16.0 Å². The van der Waals surface area contributed by atoms with Crippen LogP contribution in [0, 0.1) is 0 Å². The molecule has 0 bridgehead atoms. The van der Waals surface area contributed by atoms with Crippen LogP contribution in [0.25, 0.3) is 0 Å². The lowest BCUT2D eigenvalue weighted by Gasteiger charge is -2.13. The predicted molar refractivity (Wildman–Crippen MR) is 71.0 cm³/mol. The van der Waals surface area contributed by atoms with Gasteiger partial charge in [0.1, 0.15) is 0 Å². The van der Waals surface area contributed by atoms with Gasteiger partial charge in [-0.05, 0) is 28.1 Å². The number of ether oxygens (including phenoxy) is 3. The number of carboxylic acid groups (broad SMARTS) is 1. The van der Waals surface area contributed by atoms with E-state index in [1.165, 1.54) is 19.2 Å². The monoisotopic (exact) mass is 345 g/mol. The quantitative estimate of drug-likeness (QED) is 0.826. The van der Waals surface area contributed by atoms with Crippen LogP contribution in [-0.2, 0) is 9.53 Å². The molecule has 1 aliphatic rings. The number of rotatable bonds is 5. The van der Waals surface area contributed by atoms with Gasteiger partial charge in [-0.25, -0.2) is 4.79 Å². The number of carboxylic acids is 1. The predicted octanol–water partition coefficient (Wildman–Crippen LogP) is 1.01. The highest BCUT2D eigenvalue weighted by atomic mass is 79.9. The third-order valence-electron chi connectivity index (χ3n) is 2.63. The Hall–Kier alpha value is -1.80. The fourth-order valence-electron chi connectivity index (χ4n) is 1.68. The van der Waals surface area contributed by atoms with Crippen molar-refractivity contribution in [1.82, 2.24) is 5.32 Å². The minimum Gasteiger partial charge on any atom is -0.480 e. The molecule has 7 nitrogen and oxygen atoms in total. The molecule has 20 heavy (non-hydrogen) atoms. The molecule has 8 heteroatoms. The van der Waals surface area contributed by atoms with Crippen molar-refractivity contribution in [3.63, 3.8) is 0 Å². The van der Waals surface area contributed by atoms with Gasteiger partial charge >= 0.3 is 5.97 Å². The maximum absolute atomic E-state index is 12.0. The molecule has 0 saturated heterocycles. The lowest BCUT2D eigenvalue weighted by Crippen LogP contribution is -2.43. The second-order valence-electron chi connectivity index (χ2n) is 4.01. The molecule has 1 aromatic carbocycles. The first-order valence-corrected chi connectivity index (χ1v) is 6.44. The van der Waals surface area contributed by atoms with Crippen LogP contribution in [0.5, 0.6) is 11.5 Å². The Balaban J connectivity index is 2.17. The van der Waals surface area contributed by atoms with Crippen LogP contribution in [-0.4, -0.2) is 43.5 Å². The van der Waals surface area contributed by atoms with Crippen LogP contribution < -0.4 is 14.8 Å². The van der Waals surface area contributed by atoms with Gasteiger partial charge in [0.15, 0.2) is 17.5 Å². The van der Waals surface area contributed by atoms with Crippen molar-refractivity contribution in [1.29, 1.82) is 0 Å². The number of aliphatic carboxylic acids is 1. The summed E-state index contributed by atoms with van der Waals surface area (Å²) in [5.74, 6) is -0.746. The molecule has 0 saturated carbocycles. The number of carbonyl (C=O) groups excluding carboxylic acids is 1. The summed E-state index contributed by atoms with van der Waals surface area (Å²) in [5, 5.41) is 11.3. The number of benzene rings is 1. The Bertz CT molecular complexity index is 547. The van der Waals surface area contributed by atoms with Crippen molar-refractivity contribution in [3.8, 4) is 11.5 Å². The molecular weight excluding hydrogens is 334 g/mol. The number of carbonyl (C=O) groups is 2. The largest absolute Gasteiger partial charge is 0.480 e. The van der Waals surface area contributed by atoms with Crippen molar-refractivity contribution in [2.45, 2.75) is 6.04 Å². The summed E-state index contributed by atoms with van der Waals surface area (Å²) >= 11 is 3.27. The van der Waals surface area contributed by atoms with Crippen LogP contribution in [0.15, 0.2) is 16.6 Å². The van der Waals surface area contributed by atoms with Crippen LogP contribution >= 0.6 is 15.9 Å². The molecule has 1 aliphatic heterocycles. The zero-order valence-corrected chi connectivity index (χ0v) is 12.1. The fraction of sp³-hybridized carbons (Fsp3) is 0.333. The molecule has 1 heterocycles. The van der Waals surface area contributed by atoms with Gasteiger partial charge in [0, 0.05) is 12.7 Å². The maximum atomic E-state index is 12.0. The summed E-state index contributed by atoms with van der Waals surface area (Å²) in [6.07, 6.45) is 0. The smallest absolute Gasteiger partial charge is 0.328 e. The van der Waals surface area contributed by atoms with E-state index in [4.69, 9.17) is 19.3 Å². The normalized spacial score (nSPS) is 13.9. The van der Waals surface area contributed by atoms with Crippen molar-refractivity contribution in [2.24, 2.45) is 0 Å². The molecular formula is C12H12BrNO6. The molecule has 1 atom stereocenters. The number of methoxy groups -OCH3 is 1. The van der Waals surface area contributed by atoms with Gasteiger partial charge in [-0.15, -0.1) is 0 Å². The molecule has 0 radical (unpaired) electrons.